The first-order chi connectivity index (χ1) is 10.6. The van der Waals surface area contributed by atoms with Crippen molar-refractivity contribution < 1.29 is 14.0 Å². The molecule has 2 aliphatic heterocycles. The van der Waals surface area contributed by atoms with Crippen molar-refractivity contribution in [3.63, 3.8) is 0 Å². The fraction of sp³-hybridized carbons (Fsp3) is 0.529. The van der Waals surface area contributed by atoms with E-state index in [9.17, 15) is 9.59 Å². The van der Waals surface area contributed by atoms with Crippen LogP contribution in [0.2, 0.25) is 0 Å². The zero-order valence-corrected chi connectivity index (χ0v) is 12.6. The summed E-state index contributed by atoms with van der Waals surface area (Å²) in [6.07, 6.45) is 2.61. The van der Waals surface area contributed by atoms with E-state index in [1.54, 1.807) is 29.2 Å². The lowest BCUT2D eigenvalue weighted by Gasteiger charge is -2.38. The fourth-order valence-electron chi connectivity index (χ4n) is 3.33. The van der Waals surface area contributed by atoms with E-state index < -0.39 is 11.6 Å². The molecule has 22 heavy (non-hydrogen) atoms. The van der Waals surface area contributed by atoms with Gasteiger partial charge in [-0.15, -0.1) is 0 Å². The number of nitrogens with zero attached hydrogens (tertiary/aromatic N) is 2. The van der Waals surface area contributed by atoms with Gasteiger partial charge in [-0.3, -0.25) is 9.59 Å². The molecule has 0 saturated carbocycles. The van der Waals surface area contributed by atoms with E-state index in [4.69, 9.17) is 0 Å². The van der Waals surface area contributed by atoms with Gasteiger partial charge in [0.2, 0.25) is 5.67 Å². The summed E-state index contributed by atoms with van der Waals surface area (Å²) in [6, 6.07) is 8.85. The summed E-state index contributed by atoms with van der Waals surface area (Å²) in [4.78, 5) is 28.0. The lowest BCUT2D eigenvalue weighted by Crippen LogP contribution is -2.56. The third-order valence-corrected chi connectivity index (χ3v) is 4.53. The van der Waals surface area contributed by atoms with Crippen LogP contribution in [0, 0.1) is 0 Å². The number of rotatable bonds is 2. The molecule has 118 valence electrons. The smallest absolute Gasteiger partial charge is 0.262 e. The molecule has 2 heterocycles. The molecule has 2 fully saturated rings. The molecular formula is C17H21FN2O2. The van der Waals surface area contributed by atoms with E-state index >= 15 is 4.39 Å². The highest BCUT2D eigenvalue weighted by molar-refractivity contribution is 5.95. The number of amides is 2. The van der Waals surface area contributed by atoms with Crippen LogP contribution in [-0.2, 0) is 4.79 Å². The highest BCUT2D eigenvalue weighted by Crippen LogP contribution is 2.29. The lowest BCUT2D eigenvalue weighted by atomic mass is 9.92. The second-order valence-electron chi connectivity index (χ2n) is 6.16. The number of hydrogen-bond donors (Lipinski definition) is 0. The summed E-state index contributed by atoms with van der Waals surface area (Å²) in [5.74, 6) is -0.632. The average Bonchev–Trinajstić information content (AvgIpc) is 3.08. The minimum absolute atomic E-state index is 0.129. The topological polar surface area (TPSA) is 40.6 Å². The number of halogens is 1. The molecule has 2 amide bonds. The van der Waals surface area contributed by atoms with Crippen molar-refractivity contribution in [3.8, 4) is 0 Å². The molecule has 3 rings (SSSR count). The first-order valence-corrected chi connectivity index (χ1v) is 7.93. The van der Waals surface area contributed by atoms with Gasteiger partial charge in [-0.05, 0) is 37.8 Å². The highest BCUT2D eigenvalue weighted by Gasteiger charge is 2.46. The molecule has 2 saturated heterocycles. The Morgan fingerprint density at radius 3 is 2.27 bits per heavy atom. The van der Waals surface area contributed by atoms with Crippen LogP contribution < -0.4 is 0 Å². The number of carbonyl (C=O) groups is 2. The van der Waals surface area contributed by atoms with Crippen LogP contribution in [0.4, 0.5) is 4.39 Å². The zero-order valence-electron chi connectivity index (χ0n) is 12.6. The monoisotopic (exact) mass is 304 g/mol. The molecule has 0 radical (unpaired) electrons. The summed E-state index contributed by atoms with van der Waals surface area (Å²) in [7, 11) is 0. The van der Waals surface area contributed by atoms with Gasteiger partial charge in [0.05, 0.1) is 6.54 Å². The third-order valence-electron chi connectivity index (χ3n) is 4.53. The predicted octanol–water partition coefficient (Wildman–Crippen LogP) is 2.25. The maximum atomic E-state index is 15.2. The van der Waals surface area contributed by atoms with Gasteiger partial charge in [0.1, 0.15) is 0 Å². The highest BCUT2D eigenvalue weighted by atomic mass is 19.1. The Hall–Kier alpha value is -1.91. The van der Waals surface area contributed by atoms with E-state index in [0.29, 0.717) is 31.6 Å². The molecule has 5 heteroatoms. The van der Waals surface area contributed by atoms with Gasteiger partial charge in [0, 0.05) is 25.2 Å². The van der Waals surface area contributed by atoms with E-state index in [1.807, 2.05) is 6.07 Å². The molecular weight excluding hydrogens is 283 g/mol. The van der Waals surface area contributed by atoms with E-state index in [-0.39, 0.29) is 18.9 Å². The Labute approximate surface area is 129 Å². The van der Waals surface area contributed by atoms with Gasteiger partial charge in [-0.2, -0.15) is 0 Å². The summed E-state index contributed by atoms with van der Waals surface area (Å²) >= 11 is 0. The molecule has 4 nitrogen and oxygen atoms in total. The lowest BCUT2D eigenvalue weighted by molar-refractivity contribution is -0.146. The van der Waals surface area contributed by atoms with Crippen LogP contribution in [0.25, 0.3) is 0 Å². The number of carbonyl (C=O) groups excluding carboxylic acids is 2. The molecule has 1 unspecified atom stereocenters. The summed E-state index contributed by atoms with van der Waals surface area (Å²) in [5, 5.41) is 0. The van der Waals surface area contributed by atoms with Crippen molar-refractivity contribution in [2.45, 2.75) is 31.4 Å². The van der Waals surface area contributed by atoms with Crippen molar-refractivity contribution in [1.29, 1.82) is 0 Å². The Morgan fingerprint density at radius 1 is 0.955 bits per heavy atom. The fourth-order valence-corrected chi connectivity index (χ4v) is 3.33. The quantitative estimate of drug-likeness (QED) is 0.841. The van der Waals surface area contributed by atoms with Crippen molar-refractivity contribution in [1.82, 2.24) is 9.80 Å². The van der Waals surface area contributed by atoms with E-state index in [1.165, 1.54) is 4.90 Å². The molecule has 2 aliphatic rings. The summed E-state index contributed by atoms with van der Waals surface area (Å²) in [5.41, 5.74) is -1.38. The molecule has 0 aromatic heterocycles. The third kappa shape index (κ3) is 2.85. The van der Waals surface area contributed by atoms with Gasteiger partial charge in [-0.1, -0.05) is 18.2 Å². The summed E-state index contributed by atoms with van der Waals surface area (Å²) in [6.45, 7) is 1.65. The van der Waals surface area contributed by atoms with E-state index in [2.05, 4.69) is 0 Å². The number of benzene rings is 1. The molecule has 0 aliphatic carbocycles. The maximum absolute atomic E-state index is 15.2. The number of likely N-dealkylation sites (tertiary alicyclic amines) is 2. The second-order valence-corrected chi connectivity index (χ2v) is 6.16. The zero-order chi connectivity index (χ0) is 15.6. The van der Waals surface area contributed by atoms with Crippen molar-refractivity contribution >= 4 is 11.8 Å². The average molecular weight is 304 g/mol. The van der Waals surface area contributed by atoms with Gasteiger partial charge >= 0.3 is 0 Å². The number of piperidine rings is 1. The van der Waals surface area contributed by atoms with Crippen molar-refractivity contribution in [2.24, 2.45) is 0 Å². The SMILES string of the molecule is O=C(c1ccccc1)N1CCCC(F)(C(=O)N2CCCC2)C1. The van der Waals surface area contributed by atoms with Crippen molar-refractivity contribution in [2.75, 3.05) is 26.2 Å². The Bertz CT molecular complexity index is 557. The van der Waals surface area contributed by atoms with Crippen LogP contribution in [0.1, 0.15) is 36.0 Å². The molecule has 1 aromatic rings. The first-order valence-electron chi connectivity index (χ1n) is 7.93. The predicted molar refractivity (Wildman–Crippen MR) is 81.2 cm³/mol. The van der Waals surface area contributed by atoms with Crippen LogP contribution in [-0.4, -0.2) is 53.5 Å². The van der Waals surface area contributed by atoms with Crippen LogP contribution in [0.15, 0.2) is 30.3 Å². The molecule has 1 aromatic carbocycles. The van der Waals surface area contributed by atoms with Crippen LogP contribution in [0.5, 0.6) is 0 Å². The van der Waals surface area contributed by atoms with Crippen LogP contribution >= 0.6 is 0 Å². The standard InChI is InChI=1S/C17H21FN2O2/c18-17(16(22)19-10-4-5-11-19)9-6-12-20(13-17)15(21)14-7-2-1-3-8-14/h1-3,7-8H,4-6,9-13H2. The largest absolute Gasteiger partial charge is 0.340 e. The Kier molecular flexibility index (Phi) is 4.14. The maximum Gasteiger partial charge on any atom is 0.262 e. The van der Waals surface area contributed by atoms with Gasteiger partial charge in [-0.25, -0.2) is 4.39 Å². The van der Waals surface area contributed by atoms with Gasteiger partial charge < -0.3 is 9.80 Å². The second kappa shape index (κ2) is 6.07. The first kappa shape index (κ1) is 15.0. The number of alkyl halides is 1. The molecule has 0 spiro atoms. The molecule has 0 bridgehead atoms. The molecule has 0 N–H and O–H groups in total. The normalized spacial score (nSPS) is 25.3. The minimum atomic E-state index is -1.92. The van der Waals surface area contributed by atoms with Crippen LogP contribution in [0.3, 0.4) is 0 Å². The minimum Gasteiger partial charge on any atom is -0.340 e. The number of hydrogen-bond acceptors (Lipinski definition) is 2. The van der Waals surface area contributed by atoms with Crippen molar-refractivity contribution in [3.05, 3.63) is 35.9 Å². The molecule has 1 atom stereocenters. The van der Waals surface area contributed by atoms with Gasteiger partial charge in [0.15, 0.2) is 0 Å². The van der Waals surface area contributed by atoms with Gasteiger partial charge in [0.25, 0.3) is 11.8 Å². The summed E-state index contributed by atoms with van der Waals surface area (Å²) < 4.78 is 15.2. The van der Waals surface area contributed by atoms with E-state index in [0.717, 1.165) is 12.8 Å². The Balaban J connectivity index is 1.73. The Morgan fingerprint density at radius 2 is 1.59 bits per heavy atom.